The van der Waals surface area contributed by atoms with E-state index in [2.05, 4.69) is 66.4 Å². The summed E-state index contributed by atoms with van der Waals surface area (Å²) in [4.78, 5) is 51.1. The molecule has 16 nitrogen and oxygen atoms in total. The number of rotatable bonds is 14. The van der Waals surface area contributed by atoms with Crippen LogP contribution in [-0.2, 0) is 22.6 Å². The standard InChI is InChI=1S/C33H36N4O4.C28H26N4O4/c1-39-31-15-12-24(20-32(31)41-26-6-2-3-7-26)35-33(38)36-30-14-13-27(28-8-4-5-9-29(28)30)23-10-11-25(34-21-23)22-37-16-18-40-19-17-37;33-27(34)19-4-3-5-21(16-19)30-28(35)31-26-11-10-23(24-6-1-2-7-25(24)26)20-8-9-22(29-17-20)18-32-12-14-36-15-13-32/h4-5,8-15,20-21,26H,2-3,6-7,16-19,22H2,1H3,(H2,35,36,38);1-11,16-17H,12-15,18H2,(H,33,34)(H2,30,31,35). The molecule has 0 radical (unpaired) electrons. The highest BCUT2D eigenvalue weighted by Crippen LogP contribution is 2.37. The average molecular weight is 1040 g/mol. The van der Waals surface area contributed by atoms with E-state index in [1.807, 2.05) is 97.3 Å². The van der Waals surface area contributed by atoms with E-state index in [0.29, 0.717) is 28.6 Å². The number of anilines is 4. The van der Waals surface area contributed by atoms with Gasteiger partial charge in [-0.15, -0.1) is 0 Å². The number of nitrogens with zero attached hydrogens (tertiary/aromatic N) is 4. The second-order valence-electron chi connectivity index (χ2n) is 19.2. The minimum atomic E-state index is -1.05. The lowest BCUT2D eigenvalue weighted by atomic mass is 9.98. The summed E-state index contributed by atoms with van der Waals surface area (Å²) in [6.07, 6.45) is 8.46. The van der Waals surface area contributed by atoms with Crippen LogP contribution in [0.25, 0.3) is 43.8 Å². The number of hydrogen-bond acceptors (Lipinski definition) is 11. The van der Waals surface area contributed by atoms with Gasteiger partial charge in [0.05, 0.1) is 68.0 Å². The number of nitrogens with one attached hydrogen (secondary N) is 4. The molecule has 16 heteroatoms. The molecule has 2 aromatic heterocycles. The van der Waals surface area contributed by atoms with Crippen LogP contribution in [0.5, 0.6) is 11.5 Å². The van der Waals surface area contributed by atoms with Gasteiger partial charge >= 0.3 is 18.0 Å². The summed E-state index contributed by atoms with van der Waals surface area (Å²) in [6.45, 7) is 8.41. The van der Waals surface area contributed by atoms with E-state index in [1.54, 1.807) is 19.2 Å². The summed E-state index contributed by atoms with van der Waals surface area (Å²) in [5, 5.41) is 24.6. The summed E-state index contributed by atoms with van der Waals surface area (Å²) < 4.78 is 22.5. The van der Waals surface area contributed by atoms with Gasteiger partial charge in [-0.05, 0) is 102 Å². The molecule has 3 fully saturated rings. The lowest BCUT2D eigenvalue weighted by Gasteiger charge is -2.26. The Morgan fingerprint density at radius 2 is 1.06 bits per heavy atom. The fourth-order valence-electron chi connectivity index (χ4n) is 9.98. The van der Waals surface area contributed by atoms with Gasteiger partial charge in [0.2, 0.25) is 0 Å². The molecular weight excluding hydrogens is 973 g/mol. The van der Waals surface area contributed by atoms with Crippen molar-refractivity contribution in [2.75, 3.05) is 81.0 Å². The monoisotopic (exact) mass is 1030 g/mol. The number of urea groups is 2. The van der Waals surface area contributed by atoms with E-state index in [1.165, 1.54) is 25.0 Å². The number of amides is 4. The highest BCUT2D eigenvalue weighted by molar-refractivity contribution is 6.11. The molecule has 11 rings (SSSR count). The average Bonchev–Trinajstić information content (AvgIpc) is 4.00. The molecule has 2 saturated heterocycles. The smallest absolute Gasteiger partial charge is 0.335 e. The Balaban J connectivity index is 0.000000176. The zero-order chi connectivity index (χ0) is 52.9. The summed E-state index contributed by atoms with van der Waals surface area (Å²) in [6, 6.07) is 43.0. The molecule has 0 unspecified atom stereocenters. The SMILES string of the molecule is COc1ccc(NC(=O)Nc2ccc(-c3ccc(CN4CCOCC4)nc3)c3ccccc23)cc1OC1CCCC1.O=C(Nc1cccc(C(=O)O)c1)Nc1ccc(-c2ccc(CN3CCOCC3)nc2)c2ccccc12. The maximum atomic E-state index is 13.1. The molecule has 3 aliphatic rings. The quantitative estimate of drug-likeness (QED) is 0.0694. The Kier molecular flexibility index (Phi) is 16.9. The number of carboxylic acids is 1. The number of fused-ring (bicyclic) bond motifs is 2. The molecule has 1 saturated carbocycles. The first-order valence-electron chi connectivity index (χ1n) is 26.1. The molecule has 1 aliphatic carbocycles. The van der Waals surface area contributed by atoms with Gasteiger partial charge in [0.1, 0.15) is 0 Å². The topological polar surface area (TPSA) is 189 Å². The maximum Gasteiger partial charge on any atom is 0.335 e. The van der Waals surface area contributed by atoms with Gasteiger partial charge in [-0.1, -0.05) is 78.9 Å². The Bertz CT molecular complexity index is 3340. The molecule has 5 N–H and O–H groups in total. The molecule has 0 atom stereocenters. The van der Waals surface area contributed by atoms with Crippen molar-refractivity contribution in [2.45, 2.75) is 44.9 Å². The van der Waals surface area contributed by atoms with Crippen LogP contribution in [0, 0.1) is 0 Å². The molecule has 6 aromatic carbocycles. The van der Waals surface area contributed by atoms with Gasteiger partial charge in [-0.2, -0.15) is 0 Å². The van der Waals surface area contributed by atoms with Crippen LogP contribution in [0.2, 0.25) is 0 Å². The molecule has 77 heavy (non-hydrogen) atoms. The van der Waals surface area contributed by atoms with Gasteiger partial charge in [0, 0.05) is 91.0 Å². The van der Waals surface area contributed by atoms with Crippen LogP contribution in [0.15, 0.2) is 152 Å². The van der Waals surface area contributed by atoms with Crippen molar-refractivity contribution >= 4 is 62.3 Å². The van der Waals surface area contributed by atoms with E-state index in [4.69, 9.17) is 29.0 Å². The third-order valence-electron chi connectivity index (χ3n) is 14.0. The van der Waals surface area contributed by atoms with Crippen LogP contribution in [0.3, 0.4) is 0 Å². The number of methoxy groups -OCH3 is 1. The van der Waals surface area contributed by atoms with Crippen molar-refractivity contribution in [3.8, 4) is 33.8 Å². The van der Waals surface area contributed by atoms with E-state index < -0.39 is 12.0 Å². The Hall–Kier alpha value is -8.41. The van der Waals surface area contributed by atoms with E-state index in [9.17, 15) is 14.4 Å². The highest BCUT2D eigenvalue weighted by atomic mass is 16.5. The predicted octanol–water partition coefficient (Wildman–Crippen LogP) is 11.8. The molecule has 4 heterocycles. The Morgan fingerprint density at radius 1 is 0.558 bits per heavy atom. The zero-order valence-corrected chi connectivity index (χ0v) is 43.0. The maximum absolute atomic E-state index is 13.1. The molecule has 8 aromatic rings. The zero-order valence-electron chi connectivity index (χ0n) is 43.0. The first kappa shape index (κ1) is 52.0. The Morgan fingerprint density at radius 3 is 1.55 bits per heavy atom. The Labute approximate surface area is 447 Å². The second-order valence-corrected chi connectivity index (χ2v) is 19.2. The predicted molar refractivity (Wildman–Crippen MR) is 301 cm³/mol. The summed E-state index contributed by atoms with van der Waals surface area (Å²) in [5.74, 6) is 0.258. The van der Waals surface area contributed by atoms with Crippen LogP contribution < -0.4 is 30.7 Å². The number of aromatic carboxylic acids is 1. The van der Waals surface area contributed by atoms with Crippen LogP contribution >= 0.6 is 0 Å². The second kappa shape index (κ2) is 25.0. The molecule has 4 amide bonds. The molecule has 0 bridgehead atoms. The number of morpholine rings is 2. The number of pyridine rings is 2. The van der Waals surface area contributed by atoms with Crippen molar-refractivity contribution in [1.82, 2.24) is 19.8 Å². The fourth-order valence-corrected chi connectivity index (χ4v) is 9.98. The first-order valence-corrected chi connectivity index (χ1v) is 26.1. The number of benzene rings is 6. The minimum Gasteiger partial charge on any atom is -0.493 e. The molecule has 394 valence electrons. The van der Waals surface area contributed by atoms with Crippen molar-refractivity contribution < 1.29 is 38.4 Å². The van der Waals surface area contributed by atoms with Crippen molar-refractivity contribution in [3.05, 3.63) is 169 Å². The number of aromatic nitrogens is 2. The highest BCUT2D eigenvalue weighted by Gasteiger charge is 2.20. The minimum absolute atomic E-state index is 0.104. The number of carboxylic acid groups (broad SMARTS) is 1. The van der Waals surface area contributed by atoms with Crippen LogP contribution in [-0.4, -0.2) is 109 Å². The van der Waals surface area contributed by atoms with Crippen molar-refractivity contribution in [1.29, 1.82) is 0 Å². The molecular formula is C61H62N8O8. The first-order chi connectivity index (χ1) is 37.7. The lowest BCUT2D eigenvalue weighted by molar-refractivity contribution is 0.0336. The van der Waals surface area contributed by atoms with Gasteiger partial charge in [0.15, 0.2) is 11.5 Å². The fraction of sp³-hybridized carbons (Fsp3) is 0.262. The molecule has 0 spiro atoms. The lowest BCUT2D eigenvalue weighted by Crippen LogP contribution is -2.35. The third kappa shape index (κ3) is 13.3. The normalized spacial score (nSPS) is 15.0. The summed E-state index contributed by atoms with van der Waals surface area (Å²) >= 11 is 0. The van der Waals surface area contributed by atoms with Gasteiger partial charge < -0.3 is 45.3 Å². The largest absolute Gasteiger partial charge is 0.493 e. The van der Waals surface area contributed by atoms with E-state index >= 15 is 0 Å². The number of carbonyl (C=O) groups is 3. The molecule has 2 aliphatic heterocycles. The van der Waals surface area contributed by atoms with E-state index in [-0.39, 0.29) is 17.7 Å². The van der Waals surface area contributed by atoms with Gasteiger partial charge in [0.25, 0.3) is 0 Å². The third-order valence-corrected chi connectivity index (χ3v) is 14.0. The summed E-state index contributed by atoms with van der Waals surface area (Å²) in [7, 11) is 1.63. The number of carbonyl (C=O) groups excluding carboxylic acids is 2. The summed E-state index contributed by atoms with van der Waals surface area (Å²) in [5.41, 5.74) is 8.72. The van der Waals surface area contributed by atoms with Crippen molar-refractivity contribution in [2.24, 2.45) is 0 Å². The van der Waals surface area contributed by atoms with Gasteiger partial charge in [-0.3, -0.25) is 19.8 Å². The van der Waals surface area contributed by atoms with Crippen LogP contribution in [0.4, 0.5) is 32.3 Å². The van der Waals surface area contributed by atoms with Crippen molar-refractivity contribution in [3.63, 3.8) is 0 Å². The van der Waals surface area contributed by atoms with E-state index in [0.717, 1.165) is 139 Å². The van der Waals surface area contributed by atoms with Gasteiger partial charge in [-0.25, -0.2) is 14.4 Å². The number of hydrogen-bond donors (Lipinski definition) is 5. The number of ether oxygens (including phenoxy) is 4. The van der Waals surface area contributed by atoms with Crippen LogP contribution in [0.1, 0.15) is 47.4 Å².